The van der Waals surface area contributed by atoms with Gasteiger partial charge in [0.15, 0.2) is 0 Å². The van der Waals surface area contributed by atoms with Crippen molar-refractivity contribution in [2.45, 2.75) is 37.8 Å². The molecule has 1 N–H and O–H groups in total. The minimum atomic E-state index is -0.740. The number of aliphatic hydroxyl groups is 1. The Kier molecular flexibility index (Phi) is 4.30. The predicted octanol–water partition coefficient (Wildman–Crippen LogP) is 3.19. The monoisotopic (exact) mass is 323 g/mol. The summed E-state index contributed by atoms with van der Waals surface area (Å²) in [5.74, 6) is 0.972. The molecular weight excluding hydrogens is 298 g/mol. The summed E-state index contributed by atoms with van der Waals surface area (Å²) in [5, 5.41) is 10.9. The third kappa shape index (κ3) is 3.33. The van der Waals surface area contributed by atoms with Gasteiger partial charge in [-0.3, -0.25) is 4.90 Å². The van der Waals surface area contributed by atoms with E-state index in [0.29, 0.717) is 13.2 Å². The quantitative estimate of drug-likeness (QED) is 0.917. The molecule has 1 fully saturated rings. The second kappa shape index (κ2) is 6.58. The molecule has 1 heterocycles. The number of β-amino-alcohol motifs (C(OH)–C–C–N with tert-alkyl or cyclic N) is 1. The summed E-state index contributed by atoms with van der Waals surface area (Å²) in [5.41, 5.74) is 3.32. The highest BCUT2D eigenvalue weighted by molar-refractivity contribution is 5.43. The lowest BCUT2D eigenvalue weighted by atomic mass is 10.0. The van der Waals surface area contributed by atoms with Crippen molar-refractivity contribution >= 4 is 0 Å². The van der Waals surface area contributed by atoms with E-state index >= 15 is 0 Å². The van der Waals surface area contributed by atoms with Gasteiger partial charge in [-0.05, 0) is 48.4 Å². The van der Waals surface area contributed by atoms with Crippen LogP contribution in [0.25, 0.3) is 0 Å². The minimum absolute atomic E-state index is 0.384. The third-order valence-corrected chi connectivity index (χ3v) is 5.26. The molecule has 4 rings (SSSR count). The van der Waals surface area contributed by atoms with Gasteiger partial charge in [0, 0.05) is 19.6 Å². The van der Waals surface area contributed by atoms with E-state index in [1.807, 2.05) is 12.1 Å². The van der Waals surface area contributed by atoms with Gasteiger partial charge in [-0.25, -0.2) is 0 Å². The van der Waals surface area contributed by atoms with Gasteiger partial charge in [0.1, 0.15) is 18.0 Å². The van der Waals surface area contributed by atoms with Gasteiger partial charge in [0.05, 0.1) is 0 Å². The molecule has 2 aromatic rings. The number of likely N-dealkylation sites (tertiary alicyclic amines) is 1. The van der Waals surface area contributed by atoms with E-state index in [-0.39, 0.29) is 0 Å². The molecule has 1 aliphatic heterocycles. The molecule has 1 saturated heterocycles. The van der Waals surface area contributed by atoms with Crippen LogP contribution in [0.2, 0.25) is 0 Å². The van der Waals surface area contributed by atoms with Crippen LogP contribution in [0, 0.1) is 0 Å². The van der Waals surface area contributed by atoms with Crippen LogP contribution < -0.4 is 4.74 Å². The van der Waals surface area contributed by atoms with Crippen LogP contribution in [0.4, 0.5) is 0 Å². The molecule has 2 aromatic carbocycles. The Hall–Kier alpha value is -1.84. The van der Waals surface area contributed by atoms with E-state index in [4.69, 9.17) is 4.74 Å². The molecular formula is C21H25NO2. The van der Waals surface area contributed by atoms with Crippen LogP contribution in [-0.2, 0) is 19.4 Å². The average molecular weight is 323 g/mol. The Morgan fingerprint density at radius 1 is 1.04 bits per heavy atom. The fourth-order valence-electron chi connectivity index (χ4n) is 3.97. The molecule has 0 spiro atoms. The van der Waals surface area contributed by atoms with Crippen LogP contribution >= 0.6 is 0 Å². The summed E-state index contributed by atoms with van der Waals surface area (Å²) in [6, 6.07) is 16.8. The lowest BCUT2D eigenvalue weighted by Crippen LogP contribution is -2.39. The number of hydrogen-bond acceptors (Lipinski definition) is 3. The van der Waals surface area contributed by atoms with Crippen molar-refractivity contribution < 1.29 is 9.84 Å². The highest BCUT2D eigenvalue weighted by Gasteiger charge is 2.37. The highest BCUT2D eigenvalue weighted by Crippen LogP contribution is 2.32. The summed E-state index contributed by atoms with van der Waals surface area (Å²) >= 11 is 0. The van der Waals surface area contributed by atoms with Crippen molar-refractivity contribution in [2.75, 3.05) is 19.7 Å². The lowest BCUT2D eigenvalue weighted by molar-refractivity contribution is 0.00314. The Morgan fingerprint density at radius 3 is 2.79 bits per heavy atom. The van der Waals surface area contributed by atoms with Crippen molar-refractivity contribution in [3.63, 3.8) is 0 Å². The van der Waals surface area contributed by atoms with Gasteiger partial charge in [-0.1, -0.05) is 42.5 Å². The van der Waals surface area contributed by atoms with Crippen LogP contribution in [0.1, 0.15) is 29.5 Å². The average Bonchev–Trinajstić information content (AvgIpc) is 3.21. The largest absolute Gasteiger partial charge is 0.490 e. The maximum absolute atomic E-state index is 10.9. The zero-order chi connectivity index (χ0) is 16.4. The van der Waals surface area contributed by atoms with E-state index in [9.17, 15) is 5.11 Å². The molecule has 0 amide bonds. The van der Waals surface area contributed by atoms with E-state index < -0.39 is 5.60 Å². The Morgan fingerprint density at radius 2 is 1.92 bits per heavy atom. The van der Waals surface area contributed by atoms with Crippen LogP contribution in [-0.4, -0.2) is 35.3 Å². The first kappa shape index (κ1) is 15.7. The number of benzene rings is 2. The molecule has 0 bridgehead atoms. The summed E-state index contributed by atoms with van der Waals surface area (Å²) < 4.78 is 6.06. The van der Waals surface area contributed by atoms with Gasteiger partial charge in [0.2, 0.25) is 0 Å². The van der Waals surface area contributed by atoms with Gasteiger partial charge in [-0.2, -0.15) is 0 Å². The normalized spacial score (nSPS) is 23.4. The topological polar surface area (TPSA) is 32.7 Å². The molecule has 1 aliphatic carbocycles. The lowest BCUT2D eigenvalue weighted by Gasteiger charge is -2.24. The molecule has 1 unspecified atom stereocenters. The fourth-order valence-corrected chi connectivity index (χ4v) is 3.97. The second-order valence-electron chi connectivity index (χ2n) is 7.21. The summed E-state index contributed by atoms with van der Waals surface area (Å²) in [4.78, 5) is 2.31. The van der Waals surface area contributed by atoms with Crippen molar-refractivity contribution in [1.82, 2.24) is 4.90 Å². The van der Waals surface area contributed by atoms with E-state index in [0.717, 1.165) is 38.1 Å². The Balaban J connectivity index is 1.36. The van der Waals surface area contributed by atoms with Gasteiger partial charge < -0.3 is 9.84 Å². The first-order valence-corrected chi connectivity index (χ1v) is 8.94. The highest BCUT2D eigenvalue weighted by atomic mass is 16.5. The maximum atomic E-state index is 10.9. The number of ether oxygens (including phenoxy) is 1. The summed E-state index contributed by atoms with van der Waals surface area (Å²) in [7, 11) is 0. The van der Waals surface area contributed by atoms with Gasteiger partial charge >= 0.3 is 0 Å². The molecule has 3 nitrogen and oxygen atoms in total. The van der Waals surface area contributed by atoms with Crippen LogP contribution in [0.15, 0.2) is 48.5 Å². The van der Waals surface area contributed by atoms with Crippen molar-refractivity contribution in [1.29, 1.82) is 0 Å². The summed E-state index contributed by atoms with van der Waals surface area (Å²) in [6.45, 7) is 2.87. The van der Waals surface area contributed by atoms with Crippen molar-refractivity contribution in [3.05, 3.63) is 65.2 Å². The number of rotatable bonds is 5. The molecule has 0 radical (unpaired) electrons. The van der Waals surface area contributed by atoms with Crippen molar-refractivity contribution in [2.24, 2.45) is 0 Å². The third-order valence-electron chi connectivity index (χ3n) is 5.26. The summed E-state index contributed by atoms with van der Waals surface area (Å²) in [6.07, 6.45) is 4.24. The number of hydrogen-bond donors (Lipinski definition) is 1. The zero-order valence-corrected chi connectivity index (χ0v) is 14.1. The SMILES string of the molecule is OC1(COc2cccc3c2CCC3)CCN(Cc2ccccc2)C1. The van der Waals surface area contributed by atoms with E-state index in [2.05, 4.69) is 41.3 Å². The second-order valence-corrected chi connectivity index (χ2v) is 7.21. The molecule has 0 aromatic heterocycles. The smallest absolute Gasteiger partial charge is 0.122 e. The fraction of sp³-hybridized carbons (Fsp3) is 0.429. The first-order chi connectivity index (χ1) is 11.7. The maximum Gasteiger partial charge on any atom is 0.122 e. The standard InChI is InChI=1S/C21H25NO2/c23-21(12-13-22(15-21)14-17-6-2-1-3-7-17)16-24-20-11-5-9-18-8-4-10-19(18)20/h1-3,5-7,9,11,23H,4,8,10,12-16H2. The molecule has 126 valence electrons. The van der Waals surface area contributed by atoms with Gasteiger partial charge in [-0.15, -0.1) is 0 Å². The number of fused-ring (bicyclic) bond motifs is 1. The Labute approximate surface area is 143 Å². The molecule has 0 saturated carbocycles. The molecule has 24 heavy (non-hydrogen) atoms. The molecule has 1 atom stereocenters. The van der Waals surface area contributed by atoms with E-state index in [1.54, 1.807) is 0 Å². The molecule has 3 heteroatoms. The van der Waals surface area contributed by atoms with Crippen molar-refractivity contribution in [3.8, 4) is 5.75 Å². The minimum Gasteiger partial charge on any atom is -0.490 e. The zero-order valence-electron chi connectivity index (χ0n) is 14.1. The Bertz CT molecular complexity index is 700. The first-order valence-electron chi connectivity index (χ1n) is 8.94. The molecule has 2 aliphatic rings. The van der Waals surface area contributed by atoms with Crippen LogP contribution in [0.3, 0.4) is 0 Å². The number of aryl methyl sites for hydroxylation is 1. The number of nitrogens with zero attached hydrogens (tertiary/aromatic N) is 1. The predicted molar refractivity (Wildman–Crippen MR) is 95.2 cm³/mol. The van der Waals surface area contributed by atoms with Crippen LogP contribution in [0.5, 0.6) is 5.75 Å². The van der Waals surface area contributed by atoms with E-state index in [1.165, 1.54) is 23.1 Å². The van der Waals surface area contributed by atoms with Gasteiger partial charge in [0.25, 0.3) is 0 Å².